The van der Waals surface area contributed by atoms with E-state index in [1.165, 1.54) is 0 Å². The number of aliphatic hydroxyl groups is 1. The minimum absolute atomic E-state index is 0.0717. The van der Waals surface area contributed by atoms with Crippen molar-refractivity contribution in [3.05, 3.63) is 0 Å². The molecule has 0 aromatic carbocycles. The summed E-state index contributed by atoms with van der Waals surface area (Å²) in [6, 6.07) is 0. The molecule has 0 bridgehead atoms. The van der Waals surface area contributed by atoms with Crippen LogP contribution in [0.4, 0.5) is 4.39 Å². The lowest BCUT2D eigenvalue weighted by Gasteiger charge is -2.65. The molecule has 4 aliphatic rings. The highest BCUT2D eigenvalue weighted by Crippen LogP contribution is 2.72. The number of hydrogen-bond acceptors (Lipinski definition) is 8. The van der Waals surface area contributed by atoms with Crippen LogP contribution >= 0.6 is 0 Å². The average Bonchev–Trinajstić information content (AvgIpc) is 3.00. The number of aliphatic hydroxyl groups excluding tert-OH is 1. The molecule has 0 unspecified atom stereocenters. The minimum Gasteiger partial charge on any atom is -0.450 e. The third-order valence-electron chi connectivity index (χ3n) is 10.6. The largest absolute Gasteiger partial charge is 0.450 e. The molecular weight excluding hydrogens is 503 g/mol. The van der Waals surface area contributed by atoms with Crippen molar-refractivity contribution in [1.82, 2.24) is 0 Å². The molecule has 0 aliphatic heterocycles. The summed E-state index contributed by atoms with van der Waals surface area (Å²) in [7, 11) is -3.94. The van der Waals surface area contributed by atoms with E-state index in [-0.39, 0.29) is 36.9 Å². The van der Waals surface area contributed by atoms with Crippen LogP contribution in [0.2, 0.25) is 0 Å². The van der Waals surface area contributed by atoms with Crippen molar-refractivity contribution >= 4 is 27.7 Å². The van der Waals surface area contributed by atoms with Gasteiger partial charge in [-0.1, -0.05) is 27.7 Å². The highest BCUT2D eigenvalue weighted by atomic mass is 32.2. The van der Waals surface area contributed by atoms with Gasteiger partial charge in [0.05, 0.1) is 12.4 Å². The van der Waals surface area contributed by atoms with E-state index >= 15 is 4.39 Å². The number of halogens is 1. The number of alkyl halides is 1. The fourth-order valence-corrected chi connectivity index (χ4v) is 9.26. The van der Waals surface area contributed by atoms with Crippen LogP contribution in [0.3, 0.4) is 0 Å². The zero-order chi connectivity index (χ0) is 27.6. The maximum absolute atomic E-state index is 17.5. The first-order valence-corrected chi connectivity index (χ1v) is 15.4. The molecule has 0 heterocycles. The zero-order valence-corrected chi connectivity index (χ0v) is 23.4. The van der Waals surface area contributed by atoms with Gasteiger partial charge in [-0.05, 0) is 56.3 Å². The molecule has 4 aliphatic carbocycles. The van der Waals surface area contributed by atoms with Crippen molar-refractivity contribution < 1.29 is 41.2 Å². The summed E-state index contributed by atoms with van der Waals surface area (Å²) in [6.07, 6.45) is 2.34. The monoisotopic (exact) mass is 544 g/mol. The van der Waals surface area contributed by atoms with Crippen molar-refractivity contribution in [2.45, 2.75) is 103 Å². The van der Waals surface area contributed by atoms with Gasteiger partial charge in [-0.2, -0.15) is 8.42 Å². The Hall–Kier alpha value is -1.39. The summed E-state index contributed by atoms with van der Waals surface area (Å²) in [4.78, 5) is 38.9. The Balaban J connectivity index is 1.79. The lowest BCUT2D eigenvalue weighted by atomic mass is 9.42. The van der Waals surface area contributed by atoms with E-state index < -0.39 is 68.5 Å². The fourth-order valence-electron chi connectivity index (χ4n) is 8.94. The van der Waals surface area contributed by atoms with Crippen LogP contribution in [0.5, 0.6) is 0 Å². The maximum atomic E-state index is 17.5. The summed E-state index contributed by atoms with van der Waals surface area (Å²) < 4.78 is 51.8. The van der Waals surface area contributed by atoms with Gasteiger partial charge in [0, 0.05) is 36.0 Å². The topological polar surface area (TPSA) is 124 Å². The molecule has 0 saturated heterocycles. The number of carbonyl (C=O) groups is 3. The summed E-state index contributed by atoms with van der Waals surface area (Å²) in [5.74, 6) is -2.79. The van der Waals surface area contributed by atoms with E-state index in [0.717, 1.165) is 6.26 Å². The first-order chi connectivity index (χ1) is 17.1. The van der Waals surface area contributed by atoms with Crippen LogP contribution in [0, 0.1) is 34.5 Å². The quantitative estimate of drug-likeness (QED) is 0.381. The number of carbonyl (C=O) groups excluding carboxylic acids is 3. The molecule has 4 fully saturated rings. The first kappa shape index (κ1) is 28.6. The molecule has 4 rings (SSSR count). The maximum Gasteiger partial charge on any atom is 0.306 e. The van der Waals surface area contributed by atoms with Gasteiger partial charge >= 0.3 is 5.97 Å². The molecule has 0 amide bonds. The fraction of sp³-hybridized carbons (Fsp3) is 0.889. The third-order valence-corrected chi connectivity index (χ3v) is 11.2. The van der Waals surface area contributed by atoms with Gasteiger partial charge in [0.2, 0.25) is 5.78 Å². The van der Waals surface area contributed by atoms with E-state index in [0.29, 0.717) is 38.5 Å². The van der Waals surface area contributed by atoms with Crippen LogP contribution in [0.1, 0.15) is 85.5 Å². The van der Waals surface area contributed by atoms with Gasteiger partial charge in [0.25, 0.3) is 10.1 Å². The number of fused-ring (bicyclic) bond motifs is 5. The normalized spacial score (nSPS) is 45.5. The van der Waals surface area contributed by atoms with Crippen LogP contribution in [0.25, 0.3) is 0 Å². The van der Waals surface area contributed by atoms with E-state index in [9.17, 15) is 27.9 Å². The van der Waals surface area contributed by atoms with E-state index in [1.807, 2.05) is 6.92 Å². The van der Waals surface area contributed by atoms with Gasteiger partial charge in [0.15, 0.2) is 5.60 Å². The number of Topliss-reactive ketones (excluding diaryl/α,β-unsaturated/α-hetero) is 2. The number of rotatable bonds is 7. The molecule has 10 heteroatoms. The lowest BCUT2D eigenvalue weighted by Crippen LogP contribution is -2.71. The minimum atomic E-state index is -3.94. The summed E-state index contributed by atoms with van der Waals surface area (Å²) in [6.45, 7) is 6.43. The molecule has 0 aromatic rings. The third kappa shape index (κ3) is 4.11. The Labute approximate surface area is 219 Å². The summed E-state index contributed by atoms with van der Waals surface area (Å²) >= 11 is 0. The molecule has 37 heavy (non-hydrogen) atoms. The zero-order valence-electron chi connectivity index (χ0n) is 22.5. The predicted octanol–water partition coefficient (Wildman–Crippen LogP) is 3.53. The summed E-state index contributed by atoms with van der Waals surface area (Å²) in [5, 5.41) is 11.6. The molecule has 9 atom stereocenters. The number of ketones is 2. The van der Waals surface area contributed by atoms with Crippen molar-refractivity contribution in [1.29, 1.82) is 0 Å². The molecule has 1 N–H and O–H groups in total. The van der Waals surface area contributed by atoms with Gasteiger partial charge in [-0.25, -0.2) is 4.39 Å². The van der Waals surface area contributed by atoms with E-state index in [4.69, 9.17) is 8.92 Å². The second kappa shape index (κ2) is 9.37. The molecule has 8 nitrogen and oxygen atoms in total. The Morgan fingerprint density at radius 1 is 1.16 bits per heavy atom. The van der Waals surface area contributed by atoms with Crippen LogP contribution in [-0.4, -0.2) is 61.3 Å². The molecule has 0 radical (unpaired) electrons. The Kier molecular flexibility index (Phi) is 7.24. The highest BCUT2D eigenvalue weighted by molar-refractivity contribution is 7.86. The molecule has 210 valence electrons. The Morgan fingerprint density at radius 3 is 2.46 bits per heavy atom. The number of ether oxygens (including phenoxy) is 1. The molecule has 0 spiro atoms. The SMILES string of the molecule is CCCC(=O)O[C@@]1(C(=O)COS(C)(=O)=O)[C@@H](C)C[C@H]2[C@@H]3CC[C@@H]4CC(=O)CC[C@]4(C)[C@@]3(F)[C@@H](O)C[C@@]21C. The van der Waals surface area contributed by atoms with Gasteiger partial charge in [-0.3, -0.25) is 18.6 Å². The van der Waals surface area contributed by atoms with Crippen molar-refractivity contribution in [3.8, 4) is 0 Å². The second-order valence-corrected chi connectivity index (χ2v) is 14.2. The second-order valence-electron chi connectivity index (χ2n) is 12.5. The number of esters is 1. The standard InChI is InChI=1S/C27H41FO8S/c1-6-7-23(32)36-27(22(31)15-35-37(5,33)34)16(2)12-20-19-9-8-17-13-18(29)10-11-24(17,3)26(19,28)21(30)14-25(20,27)4/h16-17,19-21,30H,6-15H2,1-5H3/t16-,17+,19-,20-,21-,24-,25-,26-,27+/m0/s1. The van der Waals surface area contributed by atoms with Crippen LogP contribution < -0.4 is 0 Å². The molecular formula is C27H41FO8S. The van der Waals surface area contributed by atoms with Crippen LogP contribution in [0.15, 0.2) is 0 Å². The van der Waals surface area contributed by atoms with Gasteiger partial charge in [-0.15, -0.1) is 0 Å². The highest BCUT2D eigenvalue weighted by Gasteiger charge is 2.77. The van der Waals surface area contributed by atoms with Crippen molar-refractivity contribution in [3.63, 3.8) is 0 Å². The average molecular weight is 545 g/mol. The number of hydrogen-bond donors (Lipinski definition) is 1. The van der Waals surface area contributed by atoms with Crippen molar-refractivity contribution in [2.24, 2.45) is 34.5 Å². The van der Waals surface area contributed by atoms with Crippen LogP contribution in [-0.2, 0) is 33.4 Å². The lowest BCUT2D eigenvalue weighted by molar-refractivity contribution is -0.257. The van der Waals surface area contributed by atoms with Gasteiger partial charge < -0.3 is 9.84 Å². The van der Waals surface area contributed by atoms with Gasteiger partial charge in [0.1, 0.15) is 18.1 Å². The van der Waals surface area contributed by atoms with Crippen molar-refractivity contribution in [2.75, 3.05) is 12.9 Å². The summed E-state index contributed by atoms with van der Waals surface area (Å²) in [5.41, 5.74) is -5.70. The van der Waals surface area contributed by atoms with E-state index in [2.05, 4.69) is 0 Å². The Morgan fingerprint density at radius 2 is 1.84 bits per heavy atom. The van der Waals surface area contributed by atoms with E-state index in [1.54, 1.807) is 20.8 Å². The smallest absolute Gasteiger partial charge is 0.306 e. The Bertz CT molecular complexity index is 1080. The first-order valence-electron chi connectivity index (χ1n) is 13.5. The predicted molar refractivity (Wildman–Crippen MR) is 133 cm³/mol. The molecule has 4 saturated carbocycles. The molecule has 0 aromatic heterocycles.